The molecule has 190 valence electrons. The van der Waals surface area contributed by atoms with E-state index < -0.39 is 29.5 Å². The zero-order chi connectivity index (χ0) is 25.0. The number of likely N-dealkylation sites (N-methyl/N-ethyl adjacent to an activating group) is 1. The summed E-state index contributed by atoms with van der Waals surface area (Å²) in [6.07, 6.45) is 6.28. The van der Waals surface area contributed by atoms with Crippen LogP contribution in [-0.2, 0) is 4.74 Å². The average Bonchev–Trinajstić information content (AvgIpc) is 3.32. The van der Waals surface area contributed by atoms with Crippen LogP contribution in [-0.4, -0.2) is 69.9 Å². The molecular weight excluding hydrogens is 450 g/mol. The molecule has 9 atom stereocenters. The van der Waals surface area contributed by atoms with E-state index in [1.807, 2.05) is 19.0 Å². The molecule has 2 aliphatic heterocycles. The van der Waals surface area contributed by atoms with Crippen molar-refractivity contribution in [1.82, 2.24) is 4.90 Å². The Kier molecular flexibility index (Phi) is 4.83. The summed E-state index contributed by atoms with van der Waals surface area (Å²) in [5.74, 6) is 0.230. The van der Waals surface area contributed by atoms with Crippen LogP contribution in [0.1, 0.15) is 50.5 Å². The number of aliphatic hydroxyl groups is 3. The Morgan fingerprint density at radius 1 is 1.00 bits per heavy atom. The molecule has 2 heterocycles. The van der Waals surface area contributed by atoms with Gasteiger partial charge < -0.3 is 25.0 Å². The average molecular weight is 488 g/mol. The SMILES string of the molecule is CN(C)[C@H]1C[C@@]23CC[C@@]4(O2)C(=CC[C@@]2(C)[C@H]4C[C@H](O)[C@@H]2c2ccc4ccccc4c2)C=C3[C@@H](O)[C@@H]1O. The third-order valence-electron chi connectivity index (χ3n) is 10.7. The van der Waals surface area contributed by atoms with Gasteiger partial charge in [-0.25, -0.2) is 0 Å². The van der Waals surface area contributed by atoms with E-state index in [9.17, 15) is 15.3 Å². The lowest BCUT2D eigenvalue weighted by Gasteiger charge is -2.56. The summed E-state index contributed by atoms with van der Waals surface area (Å²) in [7, 11) is 3.92. The van der Waals surface area contributed by atoms with Crippen LogP contribution in [0.15, 0.2) is 65.8 Å². The maximum Gasteiger partial charge on any atom is 0.105 e. The van der Waals surface area contributed by atoms with Gasteiger partial charge >= 0.3 is 0 Å². The van der Waals surface area contributed by atoms with Crippen molar-refractivity contribution < 1.29 is 20.1 Å². The molecule has 5 heteroatoms. The summed E-state index contributed by atoms with van der Waals surface area (Å²) < 4.78 is 7.22. The predicted molar refractivity (Wildman–Crippen MR) is 140 cm³/mol. The van der Waals surface area contributed by atoms with Crippen molar-refractivity contribution in [2.75, 3.05) is 14.1 Å². The molecule has 0 radical (unpaired) electrons. The molecule has 2 bridgehead atoms. The summed E-state index contributed by atoms with van der Waals surface area (Å²) in [6.45, 7) is 2.35. The van der Waals surface area contributed by atoms with Crippen LogP contribution in [0.5, 0.6) is 0 Å². The van der Waals surface area contributed by atoms with E-state index in [0.29, 0.717) is 12.8 Å². The lowest BCUT2D eigenvalue weighted by atomic mass is 9.58. The van der Waals surface area contributed by atoms with Gasteiger partial charge in [-0.3, -0.25) is 0 Å². The maximum atomic E-state index is 11.6. The standard InChI is InChI=1S/C31H37NO4/c1-29-11-10-21-15-22-27(34)28(35)23(32(2)3)17-30(22)12-13-31(21,36-30)25(29)16-24(33)26(29)20-9-8-18-6-4-5-7-19(18)14-20/h4-10,14-15,23-28,33-35H,11-13,16-17H2,1-3H3/t23-,24-,25+,26-,27+,28+,29-,30+,31+/m0/s1. The monoisotopic (exact) mass is 487 g/mol. The number of nitrogens with zero attached hydrogens (tertiary/aromatic N) is 1. The minimum absolute atomic E-state index is 0.0399. The molecule has 2 spiro atoms. The molecule has 0 amide bonds. The Morgan fingerprint density at radius 3 is 2.56 bits per heavy atom. The van der Waals surface area contributed by atoms with Crippen molar-refractivity contribution in [3.05, 3.63) is 71.3 Å². The lowest BCUT2D eigenvalue weighted by Crippen LogP contribution is -2.61. The molecule has 5 nitrogen and oxygen atoms in total. The van der Waals surface area contributed by atoms with E-state index in [0.717, 1.165) is 30.4 Å². The fourth-order valence-corrected chi connectivity index (χ4v) is 8.93. The molecule has 3 N–H and O–H groups in total. The Labute approximate surface area is 213 Å². The number of rotatable bonds is 2. The fourth-order valence-electron chi connectivity index (χ4n) is 8.93. The number of hydrogen-bond acceptors (Lipinski definition) is 5. The number of fused-ring (bicyclic) bond motifs is 2. The number of aliphatic hydroxyl groups excluding tert-OH is 3. The number of allylic oxidation sites excluding steroid dienone is 1. The molecule has 7 rings (SSSR count). The molecule has 5 aliphatic rings. The first-order chi connectivity index (χ1) is 17.2. The second-order valence-electron chi connectivity index (χ2n) is 12.6. The molecule has 36 heavy (non-hydrogen) atoms. The van der Waals surface area contributed by atoms with Gasteiger partial charge in [0.15, 0.2) is 0 Å². The first kappa shape index (κ1) is 23.1. The fraction of sp³-hybridized carbons (Fsp3) is 0.548. The number of benzene rings is 2. The van der Waals surface area contributed by atoms with Crippen molar-refractivity contribution in [2.45, 2.75) is 80.5 Å². The van der Waals surface area contributed by atoms with Crippen LogP contribution in [0.2, 0.25) is 0 Å². The number of ether oxygens (including phenoxy) is 1. The molecule has 2 saturated carbocycles. The highest BCUT2D eigenvalue weighted by atomic mass is 16.5. The molecule has 0 unspecified atom stereocenters. The van der Waals surface area contributed by atoms with Crippen molar-refractivity contribution in [3.8, 4) is 0 Å². The minimum Gasteiger partial charge on any atom is -0.392 e. The Hall–Kier alpha value is -2.02. The summed E-state index contributed by atoms with van der Waals surface area (Å²) in [5, 5.41) is 36.1. The van der Waals surface area contributed by atoms with Gasteiger partial charge in [0, 0.05) is 17.9 Å². The Balaban J connectivity index is 1.32. The largest absolute Gasteiger partial charge is 0.392 e. The van der Waals surface area contributed by atoms with Gasteiger partial charge in [-0.2, -0.15) is 0 Å². The van der Waals surface area contributed by atoms with Gasteiger partial charge in [-0.1, -0.05) is 61.5 Å². The molecule has 3 fully saturated rings. The quantitative estimate of drug-likeness (QED) is 0.599. The topological polar surface area (TPSA) is 73.2 Å². The van der Waals surface area contributed by atoms with Crippen LogP contribution in [0.4, 0.5) is 0 Å². The first-order valence-electron chi connectivity index (χ1n) is 13.5. The Morgan fingerprint density at radius 2 is 1.78 bits per heavy atom. The number of hydrogen-bond donors (Lipinski definition) is 3. The van der Waals surface area contributed by atoms with E-state index in [4.69, 9.17) is 4.74 Å². The Bertz CT molecular complexity index is 1300. The minimum atomic E-state index is -0.920. The second kappa shape index (κ2) is 7.52. The molecule has 3 aliphatic carbocycles. The van der Waals surface area contributed by atoms with Crippen molar-refractivity contribution in [3.63, 3.8) is 0 Å². The van der Waals surface area contributed by atoms with Crippen LogP contribution in [0.3, 0.4) is 0 Å². The molecule has 1 saturated heterocycles. The van der Waals surface area contributed by atoms with Crippen molar-refractivity contribution in [1.29, 1.82) is 0 Å². The van der Waals surface area contributed by atoms with Gasteiger partial charge in [0.05, 0.1) is 23.4 Å². The maximum absolute atomic E-state index is 11.6. The van der Waals surface area contributed by atoms with E-state index in [1.54, 1.807) is 0 Å². The second-order valence-corrected chi connectivity index (χ2v) is 12.6. The first-order valence-corrected chi connectivity index (χ1v) is 13.5. The lowest BCUT2D eigenvalue weighted by molar-refractivity contribution is -0.165. The smallest absolute Gasteiger partial charge is 0.105 e. The van der Waals surface area contributed by atoms with Crippen LogP contribution >= 0.6 is 0 Å². The highest BCUT2D eigenvalue weighted by molar-refractivity contribution is 5.83. The summed E-state index contributed by atoms with van der Waals surface area (Å²) in [6, 6.07) is 14.9. The summed E-state index contributed by atoms with van der Waals surface area (Å²) in [5.41, 5.74) is 2.09. The van der Waals surface area contributed by atoms with Gasteiger partial charge in [0.1, 0.15) is 6.10 Å². The third-order valence-corrected chi connectivity index (χ3v) is 10.7. The van der Waals surface area contributed by atoms with Gasteiger partial charge in [-0.15, -0.1) is 0 Å². The van der Waals surface area contributed by atoms with E-state index in [2.05, 4.69) is 61.5 Å². The van der Waals surface area contributed by atoms with E-state index in [-0.39, 0.29) is 23.3 Å². The van der Waals surface area contributed by atoms with E-state index in [1.165, 1.54) is 16.3 Å². The van der Waals surface area contributed by atoms with Crippen LogP contribution in [0.25, 0.3) is 10.8 Å². The zero-order valence-electron chi connectivity index (χ0n) is 21.4. The molecule has 0 aromatic heterocycles. The van der Waals surface area contributed by atoms with Gasteiger partial charge in [-0.05, 0) is 79.1 Å². The zero-order valence-corrected chi connectivity index (χ0v) is 21.4. The van der Waals surface area contributed by atoms with Crippen LogP contribution < -0.4 is 0 Å². The summed E-state index contributed by atoms with van der Waals surface area (Å²) >= 11 is 0. The highest BCUT2D eigenvalue weighted by Gasteiger charge is 2.69. The molecular formula is C31H37NO4. The van der Waals surface area contributed by atoms with Crippen molar-refractivity contribution in [2.24, 2.45) is 11.3 Å². The van der Waals surface area contributed by atoms with E-state index >= 15 is 0 Å². The van der Waals surface area contributed by atoms with Crippen LogP contribution in [0, 0.1) is 11.3 Å². The third kappa shape index (κ3) is 2.84. The highest BCUT2D eigenvalue weighted by Crippen LogP contribution is 2.69. The van der Waals surface area contributed by atoms with Crippen molar-refractivity contribution >= 4 is 10.8 Å². The predicted octanol–water partition coefficient (Wildman–Crippen LogP) is 3.92. The summed E-state index contributed by atoms with van der Waals surface area (Å²) in [4.78, 5) is 2.01. The molecule has 2 aromatic rings. The van der Waals surface area contributed by atoms with Gasteiger partial charge in [0.25, 0.3) is 0 Å². The normalized spacial score (nSPS) is 45.2. The van der Waals surface area contributed by atoms with Gasteiger partial charge in [0.2, 0.25) is 0 Å². The molecule has 2 aromatic carbocycles.